The minimum Gasteiger partial charge on any atom is -0.507 e. The van der Waals surface area contributed by atoms with Crippen LogP contribution < -0.4 is 10.7 Å². The molecule has 2 aromatic rings. The number of benzene rings is 2. The van der Waals surface area contributed by atoms with E-state index in [0.29, 0.717) is 5.56 Å². The van der Waals surface area contributed by atoms with Gasteiger partial charge in [-0.3, -0.25) is 0 Å². The minimum absolute atomic E-state index is 0.0318. The number of carbonyl (C=O) groups excluding carboxylic acids is 1. The Morgan fingerprint density at radius 2 is 1.70 bits per heavy atom. The van der Waals surface area contributed by atoms with Crippen LogP contribution in [-0.2, 0) is 0 Å². The van der Waals surface area contributed by atoms with Crippen molar-refractivity contribution in [2.45, 2.75) is 44.1 Å². The highest BCUT2D eigenvalue weighted by Gasteiger charge is 2.51. The second kappa shape index (κ2) is 6.25. The van der Waals surface area contributed by atoms with Crippen LogP contribution in [0.1, 0.15) is 44.1 Å². The molecule has 4 fully saturated rings. The SMILES string of the molecule is O=C(N/N=C/c1c(O)ccc2ccccc12)NC12CC3CC(CC(C3)C1)C2. The molecule has 0 spiro atoms. The van der Waals surface area contributed by atoms with Gasteiger partial charge in [-0.05, 0) is 73.1 Å². The van der Waals surface area contributed by atoms with Crippen LogP contribution in [-0.4, -0.2) is 22.9 Å². The third-order valence-electron chi connectivity index (χ3n) is 6.72. The maximum atomic E-state index is 12.5. The Morgan fingerprint density at radius 3 is 2.41 bits per heavy atom. The first-order valence-corrected chi connectivity index (χ1v) is 9.92. The Morgan fingerprint density at radius 1 is 1.04 bits per heavy atom. The molecule has 4 aliphatic rings. The molecule has 2 aromatic carbocycles. The van der Waals surface area contributed by atoms with Crippen LogP contribution in [0.4, 0.5) is 4.79 Å². The van der Waals surface area contributed by atoms with Gasteiger partial charge >= 0.3 is 6.03 Å². The van der Waals surface area contributed by atoms with Gasteiger partial charge in [0.25, 0.3) is 0 Å². The molecular formula is C22H25N3O2. The van der Waals surface area contributed by atoms with Gasteiger partial charge in [-0.15, -0.1) is 0 Å². The van der Waals surface area contributed by atoms with Crippen molar-refractivity contribution in [1.29, 1.82) is 0 Å². The summed E-state index contributed by atoms with van der Waals surface area (Å²) in [7, 11) is 0. The van der Waals surface area contributed by atoms with Crippen molar-refractivity contribution in [3.8, 4) is 5.75 Å². The zero-order valence-corrected chi connectivity index (χ0v) is 15.3. The average Bonchev–Trinajstić information content (AvgIpc) is 2.62. The smallest absolute Gasteiger partial charge is 0.335 e. The van der Waals surface area contributed by atoms with Gasteiger partial charge in [0.2, 0.25) is 0 Å². The van der Waals surface area contributed by atoms with Crippen LogP contribution in [0.5, 0.6) is 5.75 Å². The van der Waals surface area contributed by atoms with Gasteiger partial charge in [-0.1, -0.05) is 30.3 Å². The van der Waals surface area contributed by atoms with Gasteiger partial charge < -0.3 is 10.4 Å². The molecule has 3 N–H and O–H groups in total. The summed E-state index contributed by atoms with van der Waals surface area (Å²) in [6, 6.07) is 11.1. The molecule has 0 heterocycles. The first-order valence-electron chi connectivity index (χ1n) is 9.92. The average molecular weight is 363 g/mol. The topological polar surface area (TPSA) is 73.7 Å². The lowest BCUT2D eigenvalue weighted by Gasteiger charge is -2.56. The molecule has 5 heteroatoms. The van der Waals surface area contributed by atoms with Crippen molar-refractivity contribution in [2.24, 2.45) is 22.9 Å². The molecule has 27 heavy (non-hydrogen) atoms. The molecule has 2 amide bonds. The lowest BCUT2D eigenvalue weighted by atomic mass is 9.53. The lowest BCUT2D eigenvalue weighted by molar-refractivity contribution is -0.0135. The van der Waals surface area contributed by atoms with Crippen LogP contribution >= 0.6 is 0 Å². The van der Waals surface area contributed by atoms with Crippen LogP contribution in [0.25, 0.3) is 10.8 Å². The molecule has 6 rings (SSSR count). The summed E-state index contributed by atoms with van der Waals surface area (Å²) in [5.74, 6) is 2.51. The molecule has 0 radical (unpaired) electrons. The number of fused-ring (bicyclic) bond motifs is 1. The van der Waals surface area contributed by atoms with E-state index in [1.807, 2.05) is 30.3 Å². The fourth-order valence-corrected chi connectivity index (χ4v) is 6.11. The zero-order chi connectivity index (χ0) is 18.4. The maximum Gasteiger partial charge on any atom is 0.335 e. The van der Waals surface area contributed by atoms with Crippen LogP contribution in [0.3, 0.4) is 0 Å². The fourth-order valence-electron chi connectivity index (χ4n) is 6.11. The predicted molar refractivity (Wildman–Crippen MR) is 106 cm³/mol. The summed E-state index contributed by atoms with van der Waals surface area (Å²) in [6.07, 6.45) is 8.90. The number of urea groups is 1. The molecule has 140 valence electrons. The number of phenolic OH excluding ortho intramolecular Hbond substituents is 1. The van der Waals surface area contributed by atoms with E-state index in [4.69, 9.17) is 0 Å². The second-order valence-corrected chi connectivity index (χ2v) is 8.74. The van der Waals surface area contributed by atoms with Crippen molar-refractivity contribution in [2.75, 3.05) is 0 Å². The number of hydrazone groups is 1. The van der Waals surface area contributed by atoms with Gasteiger partial charge in [0.1, 0.15) is 5.75 Å². The standard InChI is InChI=1S/C22H25N3O2/c26-20-6-5-17-3-1-2-4-18(17)19(20)13-23-25-21(27)24-22-10-14-7-15(11-22)9-16(8-14)12-22/h1-6,13-16,26H,7-12H2,(H2,24,25,27)/b23-13+. The van der Waals surface area contributed by atoms with E-state index in [-0.39, 0.29) is 17.3 Å². The summed E-state index contributed by atoms with van der Waals surface area (Å²) in [5, 5.41) is 19.4. The maximum absolute atomic E-state index is 12.5. The van der Waals surface area contributed by atoms with Gasteiger partial charge in [0.15, 0.2) is 0 Å². The zero-order valence-electron chi connectivity index (χ0n) is 15.3. The quantitative estimate of drug-likeness (QED) is 0.566. The van der Waals surface area contributed by atoms with Crippen molar-refractivity contribution in [3.63, 3.8) is 0 Å². The van der Waals surface area contributed by atoms with E-state index in [2.05, 4.69) is 15.8 Å². The Bertz CT molecular complexity index is 886. The predicted octanol–water partition coefficient (Wildman–Crippen LogP) is 4.15. The highest BCUT2D eigenvalue weighted by Crippen LogP contribution is 2.55. The normalized spacial score (nSPS) is 31.5. The summed E-state index contributed by atoms with van der Waals surface area (Å²) in [6.45, 7) is 0. The number of nitrogens with one attached hydrogen (secondary N) is 2. The van der Waals surface area contributed by atoms with E-state index in [9.17, 15) is 9.90 Å². The molecule has 4 aliphatic carbocycles. The minimum atomic E-state index is -0.243. The Kier molecular flexibility index (Phi) is 3.85. The molecule has 0 aliphatic heterocycles. The van der Waals surface area contributed by atoms with Gasteiger partial charge in [0, 0.05) is 11.1 Å². The van der Waals surface area contributed by atoms with Crippen molar-refractivity contribution < 1.29 is 9.90 Å². The molecule has 0 atom stereocenters. The van der Waals surface area contributed by atoms with Crippen molar-refractivity contribution in [3.05, 3.63) is 42.0 Å². The molecule has 0 unspecified atom stereocenters. The molecule has 0 aromatic heterocycles. The number of carbonyl (C=O) groups is 1. The molecule has 4 bridgehead atoms. The first-order chi connectivity index (χ1) is 13.1. The number of hydrogen-bond donors (Lipinski definition) is 3. The van der Waals surface area contributed by atoms with Crippen molar-refractivity contribution in [1.82, 2.24) is 10.7 Å². The van der Waals surface area contributed by atoms with Gasteiger partial charge in [-0.25, -0.2) is 10.2 Å². The molecule has 4 saturated carbocycles. The lowest BCUT2D eigenvalue weighted by Crippen LogP contribution is -2.61. The van der Waals surface area contributed by atoms with Crippen molar-refractivity contribution >= 4 is 23.0 Å². The van der Waals surface area contributed by atoms with E-state index in [0.717, 1.165) is 47.8 Å². The van der Waals surface area contributed by atoms with E-state index >= 15 is 0 Å². The van der Waals surface area contributed by atoms with Gasteiger partial charge in [0.05, 0.1) is 6.21 Å². The number of aromatic hydroxyl groups is 1. The number of hydrogen-bond acceptors (Lipinski definition) is 3. The Balaban J connectivity index is 1.28. The third-order valence-corrected chi connectivity index (χ3v) is 6.72. The number of phenols is 1. The summed E-state index contributed by atoms with van der Waals surface area (Å²) >= 11 is 0. The second-order valence-electron chi connectivity index (χ2n) is 8.74. The third kappa shape index (κ3) is 3.05. The summed E-state index contributed by atoms with van der Waals surface area (Å²) < 4.78 is 0. The largest absolute Gasteiger partial charge is 0.507 e. The van der Waals surface area contributed by atoms with Gasteiger partial charge in [-0.2, -0.15) is 5.10 Å². The van der Waals surface area contributed by atoms with E-state index in [1.54, 1.807) is 6.07 Å². The van der Waals surface area contributed by atoms with E-state index in [1.165, 1.54) is 25.5 Å². The highest BCUT2D eigenvalue weighted by atomic mass is 16.3. The van der Waals surface area contributed by atoms with Crippen LogP contribution in [0.15, 0.2) is 41.5 Å². The highest BCUT2D eigenvalue weighted by molar-refractivity contribution is 6.02. The number of amides is 2. The van der Waals surface area contributed by atoms with E-state index < -0.39 is 0 Å². The fraction of sp³-hybridized carbons (Fsp3) is 0.455. The number of nitrogens with zero attached hydrogens (tertiary/aromatic N) is 1. The number of rotatable bonds is 3. The monoisotopic (exact) mass is 363 g/mol. The molecular weight excluding hydrogens is 338 g/mol. The summed E-state index contributed by atoms with van der Waals surface area (Å²) in [5.41, 5.74) is 3.19. The summed E-state index contributed by atoms with van der Waals surface area (Å²) in [4.78, 5) is 12.5. The molecule has 0 saturated heterocycles. The Labute approximate surface area is 158 Å². The van der Waals surface area contributed by atoms with Crippen LogP contribution in [0, 0.1) is 17.8 Å². The first kappa shape index (κ1) is 16.6. The Hall–Kier alpha value is -2.56. The van der Waals surface area contributed by atoms with Crippen LogP contribution in [0.2, 0.25) is 0 Å². The molecule has 5 nitrogen and oxygen atoms in total.